The van der Waals surface area contributed by atoms with Crippen molar-refractivity contribution in [3.63, 3.8) is 0 Å². The zero-order chi connectivity index (χ0) is 15.0. The second kappa shape index (κ2) is 5.35. The van der Waals surface area contributed by atoms with Gasteiger partial charge in [-0.1, -0.05) is 24.3 Å². The Hall–Kier alpha value is -1.52. The van der Waals surface area contributed by atoms with Crippen LogP contribution in [0, 0.1) is 6.92 Å². The number of nitrogens with zero attached hydrogens (tertiary/aromatic N) is 1. The summed E-state index contributed by atoms with van der Waals surface area (Å²) in [4.78, 5) is 0.306. The third-order valence-electron chi connectivity index (χ3n) is 3.90. The van der Waals surface area contributed by atoms with Gasteiger partial charge in [0, 0.05) is 12.4 Å². The first kappa shape index (κ1) is 14.4. The van der Waals surface area contributed by atoms with Gasteiger partial charge in [0.25, 0.3) is 10.0 Å². The molecule has 110 valence electrons. The van der Waals surface area contributed by atoms with Crippen LogP contribution in [0.3, 0.4) is 0 Å². The maximum absolute atomic E-state index is 12.9. The number of hydrogen-bond donors (Lipinski definition) is 0. The highest BCUT2D eigenvalue weighted by Crippen LogP contribution is 2.33. The van der Waals surface area contributed by atoms with Crippen molar-refractivity contribution < 1.29 is 8.42 Å². The molecule has 0 bridgehead atoms. The molecule has 1 aliphatic heterocycles. The highest BCUT2D eigenvalue weighted by atomic mass is 35.5. The molecule has 0 radical (unpaired) electrons. The van der Waals surface area contributed by atoms with Gasteiger partial charge in [0.1, 0.15) is 0 Å². The first-order chi connectivity index (χ1) is 10.0. The molecule has 0 unspecified atom stereocenters. The molecule has 0 N–H and O–H groups in total. The maximum Gasteiger partial charge on any atom is 0.264 e. The molecule has 0 spiro atoms. The second-order valence-electron chi connectivity index (χ2n) is 5.18. The zero-order valence-electron chi connectivity index (χ0n) is 11.7. The molecule has 3 nitrogen and oxygen atoms in total. The first-order valence-corrected chi connectivity index (χ1v) is 8.77. The summed E-state index contributed by atoms with van der Waals surface area (Å²) in [6.45, 7) is 2.42. The topological polar surface area (TPSA) is 37.4 Å². The number of rotatable bonds is 3. The molecule has 1 heterocycles. The van der Waals surface area contributed by atoms with Crippen LogP contribution in [0.1, 0.15) is 16.7 Å². The van der Waals surface area contributed by atoms with Crippen molar-refractivity contribution in [1.29, 1.82) is 0 Å². The number of benzene rings is 2. The number of alkyl halides is 1. The van der Waals surface area contributed by atoms with Gasteiger partial charge >= 0.3 is 0 Å². The summed E-state index contributed by atoms with van der Waals surface area (Å²) in [5.74, 6) is 0.311. The Morgan fingerprint density at radius 3 is 2.71 bits per heavy atom. The van der Waals surface area contributed by atoms with Crippen molar-refractivity contribution in [2.24, 2.45) is 0 Å². The summed E-state index contributed by atoms with van der Waals surface area (Å²) < 4.78 is 27.2. The standard InChI is InChI=1S/C16H16ClNO2S/c1-12-6-7-15(10-14(12)11-17)21(19,20)18-9-8-13-4-2-3-5-16(13)18/h2-7,10H,8-9,11H2,1H3. The minimum Gasteiger partial charge on any atom is -0.266 e. The number of sulfonamides is 1. The largest absolute Gasteiger partial charge is 0.266 e. The summed E-state index contributed by atoms with van der Waals surface area (Å²) in [5, 5.41) is 0. The van der Waals surface area contributed by atoms with Crippen molar-refractivity contribution in [2.75, 3.05) is 10.8 Å². The van der Waals surface area contributed by atoms with E-state index in [2.05, 4.69) is 0 Å². The lowest BCUT2D eigenvalue weighted by molar-refractivity contribution is 0.592. The number of hydrogen-bond acceptors (Lipinski definition) is 2. The Balaban J connectivity index is 2.06. The molecular weight excluding hydrogens is 306 g/mol. The SMILES string of the molecule is Cc1ccc(S(=O)(=O)N2CCc3ccccc32)cc1CCl. The molecule has 2 aromatic rings. The predicted octanol–water partition coefficient (Wildman–Crippen LogP) is 3.49. The van der Waals surface area contributed by atoms with Crippen LogP contribution >= 0.6 is 11.6 Å². The normalized spacial score (nSPS) is 14.3. The molecule has 0 amide bonds. The Bertz CT molecular complexity index is 787. The van der Waals surface area contributed by atoms with E-state index in [0.717, 1.165) is 28.8 Å². The van der Waals surface area contributed by atoms with Crippen LogP contribution < -0.4 is 4.31 Å². The van der Waals surface area contributed by atoms with Gasteiger partial charge in [-0.3, -0.25) is 4.31 Å². The van der Waals surface area contributed by atoms with E-state index in [-0.39, 0.29) is 0 Å². The first-order valence-electron chi connectivity index (χ1n) is 6.80. The minimum absolute atomic E-state index is 0.306. The Kier molecular flexibility index (Phi) is 3.68. The summed E-state index contributed by atoms with van der Waals surface area (Å²) in [5.41, 5.74) is 3.72. The third kappa shape index (κ3) is 2.43. The number of halogens is 1. The molecule has 0 fully saturated rings. The lowest BCUT2D eigenvalue weighted by Gasteiger charge is -2.20. The van der Waals surface area contributed by atoms with Crippen molar-refractivity contribution in [2.45, 2.75) is 24.1 Å². The smallest absolute Gasteiger partial charge is 0.264 e. The van der Waals surface area contributed by atoms with E-state index in [1.807, 2.05) is 37.3 Å². The number of para-hydroxylation sites is 1. The number of aryl methyl sites for hydroxylation is 1. The van der Waals surface area contributed by atoms with Crippen molar-refractivity contribution >= 4 is 27.3 Å². The Morgan fingerprint density at radius 1 is 1.19 bits per heavy atom. The molecule has 0 aliphatic carbocycles. The van der Waals surface area contributed by atoms with Crippen molar-refractivity contribution in [1.82, 2.24) is 0 Å². The van der Waals surface area contributed by atoms with Crippen LogP contribution in [0.5, 0.6) is 0 Å². The van der Waals surface area contributed by atoms with E-state index in [4.69, 9.17) is 11.6 Å². The molecule has 1 aliphatic rings. The summed E-state index contributed by atoms with van der Waals surface area (Å²) >= 11 is 5.89. The Morgan fingerprint density at radius 2 is 1.95 bits per heavy atom. The highest BCUT2D eigenvalue weighted by molar-refractivity contribution is 7.92. The molecular formula is C16H16ClNO2S. The molecule has 0 saturated heterocycles. The van der Waals surface area contributed by atoms with E-state index in [1.165, 1.54) is 4.31 Å². The van der Waals surface area contributed by atoms with Gasteiger partial charge in [0.05, 0.1) is 10.6 Å². The fourth-order valence-electron chi connectivity index (χ4n) is 2.64. The second-order valence-corrected chi connectivity index (χ2v) is 7.31. The maximum atomic E-state index is 12.9. The summed E-state index contributed by atoms with van der Waals surface area (Å²) in [7, 11) is -3.53. The van der Waals surface area contributed by atoms with Crippen molar-refractivity contribution in [3.8, 4) is 0 Å². The van der Waals surface area contributed by atoms with Gasteiger partial charge in [-0.25, -0.2) is 8.42 Å². The van der Waals surface area contributed by atoms with E-state index in [1.54, 1.807) is 12.1 Å². The van der Waals surface area contributed by atoms with Crippen molar-refractivity contribution in [3.05, 3.63) is 59.2 Å². The van der Waals surface area contributed by atoms with Crippen LogP contribution in [0.2, 0.25) is 0 Å². The quantitative estimate of drug-likeness (QED) is 0.812. The molecule has 5 heteroatoms. The molecule has 0 atom stereocenters. The van der Waals surface area contributed by atoms with Gasteiger partial charge < -0.3 is 0 Å². The Labute approximate surface area is 130 Å². The summed E-state index contributed by atoms with van der Waals surface area (Å²) in [6, 6.07) is 12.8. The highest BCUT2D eigenvalue weighted by Gasteiger charge is 2.30. The molecule has 0 saturated carbocycles. The van der Waals surface area contributed by atoms with Gasteiger partial charge in [-0.2, -0.15) is 0 Å². The fourth-order valence-corrected chi connectivity index (χ4v) is 4.48. The van der Waals surface area contributed by atoms with Crippen LogP contribution in [0.15, 0.2) is 47.4 Å². The van der Waals surface area contributed by atoms with E-state index in [9.17, 15) is 8.42 Å². The average molecular weight is 322 g/mol. The molecule has 21 heavy (non-hydrogen) atoms. The monoisotopic (exact) mass is 321 g/mol. The molecule has 3 rings (SSSR count). The van der Waals surface area contributed by atoms with Crippen LogP contribution in [0.25, 0.3) is 0 Å². The van der Waals surface area contributed by atoms with Gasteiger partial charge in [-0.15, -0.1) is 11.6 Å². The van der Waals surface area contributed by atoms with E-state index in [0.29, 0.717) is 17.3 Å². The third-order valence-corrected chi connectivity index (χ3v) is 5.99. The summed E-state index contributed by atoms with van der Waals surface area (Å²) in [6.07, 6.45) is 0.754. The minimum atomic E-state index is -3.53. The molecule has 0 aromatic heterocycles. The van der Waals surface area contributed by atoms with Gasteiger partial charge in [0.15, 0.2) is 0 Å². The lowest BCUT2D eigenvalue weighted by atomic mass is 10.1. The lowest BCUT2D eigenvalue weighted by Crippen LogP contribution is -2.29. The van der Waals surface area contributed by atoms with Crippen LogP contribution in [-0.2, 0) is 22.3 Å². The molecule has 2 aromatic carbocycles. The zero-order valence-corrected chi connectivity index (χ0v) is 13.3. The van der Waals surface area contributed by atoms with Gasteiger partial charge in [-0.05, 0) is 48.2 Å². The number of anilines is 1. The fraction of sp³-hybridized carbons (Fsp3) is 0.250. The van der Waals surface area contributed by atoms with E-state index < -0.39 is 10.0 Å². The predicted molar refractivity (Wildman–Crippen MR) is 85.4 cm³/mol. The van der Waals surface area contributed by atoms with Crippen LogP contribution in [0.4, 0.5) is 5.69 Å². The van der Waals surface area contributed by atoms with Crippen LogP contribution in [-0.4, -0.2) is 15.0 Å². The average Bonchev–Trinajstić information content (AvgIpc) is 2.92. The van der Waals surface area contributed by atoms with Gasteiger partial charge in [0.2, 0.25) is 0 Å². The van der Waals surface area contributed by atoms with E-state index >= 15 is 0 Å². The number of fused-ring (bicyclic) bond motifs is 1.